The molecule has 0 amide bonds. The highest BCUT2D eigenvalue weighted by atomic mass is 35.5. The van der Waals surface area contributed by atoms with Crippen LogP contribution in [0.3, 0.4) is 0 Å². The fraction of sp³-hybridized carbons (Fsp3) is 0.462. The molecule has 0 N–H and O–H groups in total. The zero-order valence-corrected chi connectivity index (χ0v) is 11.8. The van der Waals surface area contributed by atoms with E-state index in [0.29, 0.717) is 5.82 Å². The molecule has 1 aromatic carbocycles. The lowest BCUT2D eigenvalue weighted by atomic mass is 9.86. The molecule has 18 heavy (non-hydrogen) atoms. The summed E-state index contributed by atoms with van der Waals surface area (Å²) in [6, 6.07) is 8.12. The highest BCUT2D eigenvalue weighted by Gasteiger charge is 2.22. The van der Waals surface area contributed by atoms with Crippen LogP contribution in [0.2, 0.25) is 0 Å². The van der Waals surface area contributed by atoms with E-state index in [4.69, 9.17) is 11.6 Å². The molecule has 0 aliphatic carbocycles. The predicted molar refractivity (Wildman–Crippen MR) is 72.1 cm³/mol. The second kappa shape index (κ2) is 4.69. The minimum Gasteiger partial charge on any atom is -0.196 e. The summed E-state index contributed by atoms with van der Waals surface area (Å²) in [5, 5.41) is 11.5. The van der Waals surface area contributed by atoms with E-state index in [9.17, 15) is 0 Å². The van der Waals surface area contributed by atoms with Crippen molar-refractivity contribution in [1.82, 2.24) is 20.2 Å². The summed E-state index contributed by atoms with van der Waals surface area (Å²) in [7, 11) is 0. The van der Waals surface area contributed by atoms with Gasteiger partial charge in [0.2, 0.25) is 0 Å². The number of alkyl halides is 1. The Morgan fingerprint density at radius 2 is 1.89 bits per heavy atom. The van der Waals surface area contributed by atoms with Gasteiger partial charge < -0.3 is 0 Å². The fourth-order valence-corrected chi connectivity index (χ4v) is 2.04. The maximum Gasteiger partial charge on any atom is 0.174 e. The molecule has 0 saturated heterocycles. The molecule has 0 aliphatic heterocycles. The first-order valence-electron chi connectivity index (χ1n) is 5.93. The van der Waals surface area contributed by atoms with Crippen molar-refractivity contribution in [1.29, 1.82) is 0 Å². The third-order valence-electron chi connectivity index (χ3n) is 2.79. The highest BCUT2D eigenvalue weighted by Crippen LogP contribution is 2.29. The van der Waals surface area contributed by atoms with Crippen molar-refractivity contribution in [3.63, 3.8) is 0 Å². The maximum atomic E-state index is 6.10. The maximum absolute atomic E-state index is 6.10. The van der Waals surface area contributed by atoms with Crippen molar-refractivity contribution in [3.05, 3.63) is 35.7 Å². The summed E-state index contributed by atoms with van der Waals surface area (Å²) < 4.78 is 1.72. The molecule has 1 aromatic heterocycles. The first kappa shape index (κ1) is 13.0. The van der Waals surface area contributed by atoms with Gasteiger partial charge in [-0.05, 0) is 34.4 Å². The summed E-state index contributed by atoms with van der Waals surface area (Å²) in [6.07, 6.45) is 0. The quantitative estimate of drug-likeness (QED) is 0.782. The van der Waals surface area contributed by atoms with Gasteiger partial charge in [-0.3, -0.25) is 0 Å². The van der Waals surface area contributed by atoms with Gasteiger partial charge in [-0.1, -0.05) is 39.0 Å². The van der Waals surface area contributed by atoms with Crippen LogP contribution in [0.1, 0.15) is 44.5 Å². The first-order chi connectivity index (χ1) is 8.41. The second-order valence-electron chi connectivity index (χ2n) is 5.33. The molecular formula is C13H17ClN4. The molecule has 0 radical (unpaired) electrons. The number of aromatic nitrogens is 4. The molecule has 1 atom stereocenters. The van der Waals surface area contributed by atoms with Gasteiger partial charge in [-0.2, -0.15) is 4.68 Å². The van der Waals surface area contributed by atoms with Crippen molar-refractivity contribution < 1.29 is 0 Å². The molecule has 5 heteroatoms. The molecule has 0 saturated carbocycles. The van der Waals surface area contributed by atoms with Crippen LogP contribution < -0.4 is 0 Å². The van der Waals surface area contributed by atoms with E-state index in [1.807, 2.05) is 25.1 Å². The summed E-state index contributed by atoms with van der Waals surface area (Å²) in [5.74, 6) is 0.661. The van der Waals surface area contributed by atoms with Gasteiger partial charge in [-0.25, -0.2) is 0 Å². The fourth-order valence-electron chi connectivity index (χ4n) is 1.91. The van der Waals surface area contributed by atoms with Crippen LogP contribution in [0.4, 0.5) is 0 Å². The topological polar surface area (TPSA) is 43.6 Å². The molecule has 2 rings (SSSR count). The van der Waals surface area contributed by atoms with Gasteiger partial charge in [0.15, 0.2) is 5.82 Å². The van der Waals surface area contributed by atoms with Gasteiger partial charge in [0, 0.05) is 0 Å². The number of hydrogen-bond acceptors (Lipinski definition) is 3. The van der Waals surface area contributed by atoms with Crippen LogP contribution in [0, 0.1) is 0 Å². The SMILES string of the molecule is CC(Cl)c1nnnn1-c1ccccc1C(C)(C)C. The Hall–Kier alpha value is -1.42. The average molecular weight is 265 g/mol. The number of rotatable bonds is 2. The van der Waals surface area contributed by atoms with Crippen molar-refractivity contribution in [3.8, 4) is 5.69 Å². The van der Waals surface area contributed by atoms with Crippen LogP contribution in [0.5, 0.6) is 0 Å². The number of para-hydroxylation sites is 1. The minimum absolute atomic E-state index is 0.0232. The van der Waals surface area contributed by atoms with E-state index in [1.165, 1.54) is 5.56 Å². The summed E-state index contributed by atoms with van der Waals surface area (Å²) >= 11 is 6.10. The van der Waals surface area contributed by atoms with Gasteiger partial charge in [-0.15, -0.1) is 16.7 Å². The van der Waals surface area contributed by atoms with Gasteiger partial charge in [0.1, 0.15) is 0 Å². The average Bonchev–Trinajstić information content (AvgIpc) is 2.76. The standard InChI is InChI=1S/C13H17ClN4/c1-9(14)12-15-16-17-18(12)11-8-6-5-7-10(11)13(2,3)4/h5-9H,1-4H3. The lowest BCUT2D eigenvalue weighted by Gasteiger charge is -2.22. The smallest absolute Gasteiger partial charge is 0.174 e. The molecule has 1 heterocycles. The molecule has 0 aliphatic rings. The van der Waals surface area contributed by atoms with E-state index < -0.39 is 0 Å². The van der Waals surface area contributed by atoms with E-state index in [0.717, 1.165) is 5.69 Å². The Bertz CT molecular complexity index is 540. The number of nitrogens with zero attached hydrogens (tertiary/aromatic N) is 4. The molecule has 0 spiro atoms. The zero-order chi connectivity index (χ0) is 13.3. The lowest BCUT2D eigenvalue weighted by molar-refractivity contribution is 0.580. The van der Waals surface area contributed by atoms with E-state index in [-0.39, 0.29) is 10.8 Å². The van der Waals surface area contributed by atoms with Crippen molar-refractivity contribution in [2.24, 2.45) is 0 Å². The van der Waals surface area contributed by atoms with Gasteiger partial charge in [0.25, 0.3) is 0 Å². The Morgan fingerprint density at radius 3 is 2.50 bits per heavy atom. The third-order valence-corrected chi connectivity index (χ3v) is 2.98. The van der Waals surface area contributed by atoms with E-state index in [2.05, 4.69) is 42.4 Å². The molecule has 0 bridgehead atoms. The van der Waals surface area contributed by atoms with Crippen LogP contribution in [-0.4, -0.2) is 20.2 Å². The van der Waals surface area contributed by atoms with Crippen molar-refractivity contribution >= 4 is 11.6 Å². The molecule has 0 fully saturated rings. The van der Waals surface area contributed by atoms with Gasteiger partial charge in [0.05, 0.1) is 11.1 Å². The zero-order valence-electron chi connectivity index (χ0n) is 11.1. The largest absolute Gasteiger partial charge is 0.196 e. The van der Waals surface area contributed by atoms with Gasteiger partial charge >= 0.3 is 0 Å². The summed E-state index contributed by atoms with van der Waals surface area (Å²) in [5.41, 5.74) is 2.20. The number of tetrazole rings is 1. The normalized spacial score (nSPS) is 13.6. The molecule has 1 unspecified atom stereocenters. The first-order valence-corrected chi connectivity index (χ1v) is 6.37. The molecule has 96 valence electrons. The minimum atomic E-state index is -0.229. The summed E-state index contributed by atoms with van der Waals surface area (Å²) in [6.45, 7) is 8.36. The third kappa shape index (κ3) is 2.38. The Labute approximate surface area is 112 Å². The van der Waals surface area contributed by atoms with Crippen molar-refractivity contribution in [2.75, 3.05) is 0 Å². The monoisotopic (exact) mass is 264 g/mol. The molecular weight excluding hydrogens is 248 g/mol. The number of halogens is 1. The van der Waals surface area contributed by atoms with E-state index >= 15 is 0 Å². The molecule has 2 aromatic rings. The lowest BCUT2D eigenvalue weighted by Crippen LogP contribution is -2.17. The number of hydrogen-bond donors (Lipinski definition) is 0. The van der Waals surface area contributed by atoms with Crippen LogP contribution in [-0.2, 0) is 5.41 Å². The predicted octanol–water partition coefficient (Wildman–Crippen LogP) is 3.26. The van der Waals surface area contributed by atoms with E-state index in [1.54, 1.807) is 4.68 Å². The highest BCUT2D eigenvalue weighted by molar-refractivity contribution is 6.20. The molecule has 4 nitrogen and oxygen atoms in total. The number of benzene rings is 1. The second-order valence-corrected chi connectivity index (χ2v) is 5.99. The van der Waals surface area contributed by atoms with Crippen molar-refractivity contribution in [2.45, 2.75) is 38.5 Å². The Balaban J connectivity index is 2.61. The van der Waals surface area contributed by atoms with Crippen LogP contribution >= 0.6 is 11.6 Å². The Morgan fingerprint density at radius 1 is 1.22 bits per heavy atom. The van der Waals surface area contributed by atoms with Crippen LogP contribution in [0.25, 0.3) is 5.69 Å². The van der Waals surface area contributed by atoms with Crippen LogP contribution in [0.15, 0.2) is 24.3 Å². The Kier molecular flexibility index (Phi) is 3.39. The summed E-state index contributed by atoms with van der Waals surface area (Å²) in [4.78, 5) is 0.